The molecule has 2 N–H and O–H groups in total. The predicted molar refractivity (Wildman–Crippen MR) is 80.5 cm³/mol. The van der Waals surface area contributed by atoms with Gasteiger partial charge in [-0.25, -0.2) is 17.9 Å². The first-order chi connectivity index (χ1) is 9.00. The molecule has 0 spiro atoms. The largest absolute Gasteiger partial charge is 0.478 e. The van der Waals surface area contributed by atoms with E-state index in [0.717, 1.165) is 0 Å². The second-order valence-corrected chi connectivity index (χ2v) is 7.73. The average Bonchev–Trinajstić information content (AvgIpc) is 2.30. The first-order valence-corrected chi connectivity index (χ1v) is 8.35. The molecule has 0 aliphatic rings. The number of benzene rings is 1. The van der Waals surface area contributed by atoms with Gasteiger partial charge in [-0.05, 0) is 44.9 Å². The van der Waals surface area contributed by atoms with Crippen LogP contribution in [0, 0.1) is 6.92 Å². The molecule has 0 radical (unpaired) electrons. The monoisotopic (exact) mass is 363 g/mol. The second-order valence-electron chi connectivity index (χ2n) is 5.23. The molecule has 0 aliphatic carbocycles. The number of halogens is 1. The number of aromatic carboxylic acids is 1. The summed E-state index contributed by atoms with van der Waals surface area (Å²) in [6, 6.07) is 2.57. The van der Waals surface area contributed by atoms with Crippen molar-refractivity contribution in [3.63, 3.8) is 0 Å². The standard InChI is InChI=1S/C13H18BrNO4S/c1-5-13(3,4)15-20(18,19)11-7-9(12(16)17)6-10(14)8(11)2/h6-7,15H,5H2,1-4H3,(H,16,17). The Morgan fingerprint density at radius 3 is 2.40 bits per heavy atom. The molecule has 1 rings (SSSR count). The summed E-state index contributed by atoms with van der Waals surface area (Å²) in [5.41, 5.74) is -0.191. The maximum atomic E-state index is 12.4. The van der Waals surface area contributed by atoms with Crippen molar-refractivity contribution in [3.05, 3.63) is 27.7 Å². The quantitative estimate of drug-likeness (QED) is 0.842. The predicted octanol–water partition coefficient (Wildman–Crippen LogP) is 2.92. The molecule has 0 atom stereocenters. The molecule has 112 valence electrons. The Labute approximate surface area is 127 Å². The highest BCUT2D eigenvalue weighted by atomic mass is 79.9. The lowest BCUT2D eigenvalue weighted by Crippen LogP contribution is -2.42. The van der Waals surface area contributed by atoms with Crippen molar-refractivity contribution in [1.82, 2.24) is 4.72 Å². The van der Waals surface area contributed by atoms with E-state index in [1.807, 2.05) is 6.92 Å². The van der Waals surface area contributed by atoms with Crippen molar-refractivity contribution < 1.29 is 18.3 Å². The molecule has 0 unspecified atom stereocenters. The number of carbonyl (C=O) groups is 1. The molecular formula is C13H18BrNO4S. The van der Waals surface area contributed by atoms with Crippen LogP contribution in [-0.4, -0.2) is 25.0 Å². The summed E-state index contributed by atoms with van der Waals surface area (Å²) in [5.74, 6) is -1.17. The van der Waals surface area contributed by atoms with Crippen LogP contribution in [-0.2, 0) is 10.0 Å². The van der Waals surface area contributed by atoms with Gasteiger partial charge in [0.25, 0.3) is 0 Å². The van der Waals surface area contributed by atoms with E-state index in [2.05, 4.69) is 20.7 Å². The molecule has 1 aromatic rings. The van der Waals surface area contributed by atoms with E-state index >= 15 is 0 Å². The number of rotatable bonds is 5. The molecule has 0 saturated heterocycles. The highest BCUT2D eigenvalue weighted by Crippen LogP contribution is 2.27. The van der Waals surface area contributed by atoms with E-state index in [-0.39, 0.29) is 10.5 Å². The molecule has 1 aromatic carbocycles. The minimum atomic E-state index is -3.78. The van der Waals surface area contributed by atoms with Gasteiger partial charge in [0.05, 0.1) is 10.5 Å². The van der Waals surface area contributed by atoms with Crippen LogP contribution in [0.2, 0.25) is 0 Å². The van der Waals surface area contributed by atoms with E-state index in [1.54, 1.807) is 20.8 Å². The van der Waals surface area contributed by atoms with Crippen molar-refractivity contribution in [1.29, 1.82) is 0 Å². The van der Waals surface area contributed by atoms with E-state index in [0.29, 0.717) is 16.5 Å². The van der Waals surface area contributed by atoms with Crippen molar-refractivity contribution in [3.8, 4) is 0 Å². The van der Waals surface area contributed by atoms with Crippen molar-refractivity contribution >= 4 is 31.9 Å². The maximum Gasteiger partial charge on any atom is 0.335 e. The zero-order valence-electron chi connectivity index (χ0n) is 11.8. The van der Waals surface area contributed by atoms with Gasteiger partial charge in [-0.2, -0.15) is 0 Å². The average molecular weight is 364 g/mol. The van der Waals surface area contributed by atoms with Crippen LogP contribution >= 0.6 is 15.9 Å². The first kappa shape index (κ1) is 17.1. The van der Waals surface area contributed by atoms with Crippen molar-refractivity contribution in [2.24, 2.45) is 0 Å². The summed E-state index contributed by atoms with van der Waals surface area (Å²) in [6.07, 6.45) is 0.616. The Morgan fingerprint density at radius 1 is 1.40 bits per heavy atom. The lowest BCUT2D eigenvalue weighted by Gasteiger charge is -2.25. The van der Waals surface area contributed by atoms with Gasteiger partial charge in [-0.15, -0.1) is 0 Å². The van der Waals surface area contributed by atoms with Crippen LogP contribution in [0.4, 0.5) is 0 Å². The summed E-state index contributed by atoms with van der Waals surface area (Å²) in [5, 5.41) is 9.03. The Bertz CT molecular complexity index is 638. The third-order valence-electron chi connectivity index (χ3n) is 3.13. The maximum absolute atomic E-state index is 12.4. The number of hydrogen-bond acceptors (Lipinski definition) is 3. The number of carboxylic acid groups (broad SMARTS) is 1. The van der Waals surface area contributed by atoms with Crippen LogP contribution in [0.25, 0.3) is 0 Å². The van der Waals surface area contributed by atoms with Gasteiger partial charge in [0.15, 0.2) is 0 Å². The fourth-order valence-electron chi connectivity index (χ4n) is 1.55. The summed E-state index contributed by atoms with van der Waals surface area (Å²) in [6.45, 7) is 7.05. The van der Waals surface area contributed by atoms with Gasteiger partial charge in [-0.1, -0.05) is 22.9 Å². The second kappa shape index (κ2) is 5.83. The van der Waals surface area contributed by atoms with Gasteiger partial charge >= 0.3 is 5.97 Å². The lowest BCUT2D eigenvalue weighted by molar-refractivity contribution is 0.0696. The van der Waals surface area contributed by atoms with Gasteiger partial charge in [0, 0.05) is 10.0 Å². The Morgan fingerprint density at radius 2 is 1.95 bits per heavy atom. The Balaban J connectivity index is 3.42. The van der Waals surface area contributed by atoms with Crippen molar-refractivity contribution in [2.75, 3.05) is 0 Å². The number of nitrogens with one attached hydrogen (secondary N) is 1. The minimum absolute atomic E-state index is 0.0224. The summed E-state index contributed by atoms with van der Waals surface area (Å²) in [4.78, 5) is 11.0. The molecule has 0 aliphatic heterocycles. The molecule has 0 amide bonds. The van der Waals surface area contributed by atoms with Crippen LogP contribution in [0.1, 0.15) is 43.1 Å². The first-order valence-electron chi connectivity index (χ1n) is 6.07. The van der Waals surface area contributed by atoms with E-state index in [9.17, 15) is 13.2 Å². The smallest absolute Gasteiger partial charge is 0.335 e. The summed E-state index contributed by atoms with van der Waals surface area (Å²) < 4.78 is 27.9. The van der Waals surface area contributed by atoms with Crippen LogP contribution in [0.3, 0.4) is 0 Å². The third-order valence-corrected chi connectivity index (χ3v) is 5.78. The van der Waals surface area contributed by atoms with Crippen LogP contribution in [0.5, 0.6) is 0 Å². The normalized spacial score (nSPS) is 12.4. The molecule has 20 heavy (non-hydrogen) atoms. The topological polar surface area (TPSA) is 83.5 Å². The van der Waals surface area contributed by atoms with E-state index < -0.39 is 21.5 Å². The zero-order chi connectivity index (χ0) is 15.7. The fourth-order valence-corrected chi connectivity index (χ4v) is 3.92. The summed E-state index contributed by atoms with van der Waals surface area (Å²) in [7, 11) is -3.78. The lowest BCUT2D eigenvalue weighted by atomic mass is 10.0. The Kier molecular flexibility index (Phi) is 4.99. The molecule has 0 saturated carbocycles. The van der Waals surface area contributed by atoms with E-state index in [1.165, 1.54) is 12.1 Å². The molecule has 5 nitrogen and oxygen atoms in total. The molecular weight excluding hydrogens is 346 g/mol. The molecule has 0 bridgehead atoms. The fraction of sp³-hybridized carbons (Fsp3) is 0.462. The molecule has 7 heteroatoms. The van der Waals surface area contributed by atoms with Gasteiger partial charge in [-0.3, -0.25) is 0 Å². The molecule has 0 aromatic heterocycles. The van der Waals surface area contributed by atoms with Crippen LogP contribution in [0.15, 0.2) is 21.5 Å². The van der Waals surface area contributed by atoms with Gasteiger partial charge in [0.1, 0.15) is 0 Å². The van der Waals surface area contributed by atoms with E-state index in [4.69, 9.17) is 5.11 Å². The van der Waals surface area contributed by atoms with Crippen molar-refractivity contribution in [2.45, 2.75) is 44.6 Å². The highest BCUT2D eigenvalue weighted by Gasteiger charge is 2.27. The van der Waals surface area contributed by atoms with Gasteiger partial charge in [0.2, 0.25) is 10.0 Å². The zero-order valence-corrected chi connectivity index (χ0v) is 14.2. The Hall–Kier alpha value is -0.920. The number of sulfonamides is 1. The van der Waals surface area contributed by atoms with Crippen LogP contribution < -0.4 is 4.72 Å². The minimum Gasteiger partial charge on any atom is -0.478 e. The SMILES string of the molecule is CCC(C)(C)NS(=O)(=O)c1cc(C(=O)O)cc(Br)c1C. The third kappa shape index (κ3) is 3.80. The highest BCUT2D eigenvalue weighted by molar-refractivity contribution is 9.10. The summed E-state index contributed by atoms with van der Waals surface area (Å²) >= 11 is 3.20. The number of carboxylic acids is 1. The molecule has 0 heterocycles. The molecule has 0 fully saturated rings. The van der Waals surface area contributed by atoms with Gasteiger partial charge < -0.3 is 5.11 Å². The number of hydrogen-bond donors (Lipinski definition) is 2.